The van der Waals surface area contributed by atoms with Crippen LogP contribution in [0.4, 0.5) is 19.0 Å². The molecule has 2 heterocycles. The molecule has 1 atom stereocenters. The van der Waals surface area contributed by atoms with Crippen LogP contribution in [0.2, 0.25) is 0 Å². The zero-order chi connectivity index (χ0) is 26.4. The summed E-state index contributed by atoms with van der Waals surface area (Å²) in [5, 5.41) is 7.80. The summed E-state index contributed by atoms with van der Waals surface area (Å²) in [7, 11) is -2.57. The van der Waals surface area contributed by atoms with Gasteiger partial charge in [0.25, 0.3) is 16.1 Å². The van der Waals surface area contributed by atoms with Gasteiger partial charge in [-0.3, -0.25) is 9.52 Å². The van der Waals surface area contributed by atoms with Gasteiger partial charge in [-0.25, -0.2) is 9.40 Å². The number of hydrogen-bond donors (Lipinski definition) is 3. The summed E-state index contributed by atoms with van der Waals surface area (Å²) in [6.07, 6.45) is -0.387. The Bertz CT molecular complexity index is 1310. The molecule has 9 nitrogen and oxygen atoms in total. The Hall–Kier alpha value is -2.80. The molecule has 13 heteroatoms. The van der Waals surface area contributed by atoms with Crippen LogP contribution in [0.25, 0.3) is 0 Å². The molecule has 1 aromatic carbocycles. The molecule has 0 radical (unpaired) electrons. The predicted octanol–water partition coefficient (Wildman–Crippen LogP) is 3.41. The highest BCUT2D eigenvalue weighted by Gasteiger charge is 2.47. The van der Waals surface area contributed by atoms with Crippen LogP contribution in [-0.2, 0) is 35.1 Å². The van der Waals surface area contributed by atoms with E-state index in [0.29, 0.717) is 43.2 Å². The van der Waals surface area contributed by atoms with E-state index in [1.165, 1.54) is 7.05 Å². The highest BCUT2D eigenvalue weighted by atomic mass is 32.2. The van der Waals surface area contributed by atoms with E-state index in [1.54, 1.807) is 10.7 Å². The van der Waals surface area contributed by atoms with Gasteiger partial charge >= 0.3 is 6.18 Å². The van der Waals surface area contributed by atoms with E-state index >= 15 is 0 Å². The monoisotopic (exact) mass is 541 g/mol. The van der Waals surface area contributed by atoms with Crippen LogP contribution < -0.4 is 19.5 Å². The lowest BCUT2D eigenvalue weighted by molar-refractivity contribution is -0.136. The molecule has 2 aromatic rings. The van der Waals surface area contributed by atoms with Gasteiger partial charge in [-0.05, 0) is 54.9 Å². The summed E-state index contributed by atoms with van der Waals surface area (Å²) in [5.41, 5.74) is 1.95. The maximum Gasteiger partial charge on any atom is 0.389 e. The zero-order valence-corrected chi connectivity index (χ0v) is 21.3. The Morgan fingerprint density at radius 2 is 2.08 bits per heavy atom. The number of hydrogen-bond acceptors (Lipinski definition) is 5. The van der Waals surface area contributed by atoms with Gasteiger partial charge in [0, 0.05) is 26.4 Å². The van der Waals surface area contributed by atoms with E-state index in [0.717, 1.165) is 30.4 Å². The summed E-state index contributed by atoms with van der Waals surface area (Å²) >= 11 is 0. The minimum atomic E-state index is -4.21. The van der Waals surface area contributed by atoms with E-state index in [-0.39, 0.29) is 24.4 Å². The molecule has 0 bridgehead atoms. The van der Waals surface area contributed by atoms with Crippen molar-refractivity contribution in [3.63, 3.8) is 0 Å². The Morgan fingerprint density at radius 3 is 2.78 bits per heavy atom. The van der Waals surface area contributed by atoms with Crippen LogP contribution >= 0.6 is 0 Å². The van der Waals surface area contributed by atoms with Crippen molar-refractivity contribution in [2.24, 2.45) is 5.92 Å². The van der Waals surface area contributed by atoms with Gasteiger partial charge in [0.15, 0.2) is 5.82 Å². The number of anilines is 1. The second kappa shape index (κ2) is 9.50. The van der Waals surface area contributed by atoms with Crippen molar-refractivity contribution in [2.75, 3.05) is 18.4 Å². The highest BCUT2D eigenvalue weighted by Crippen LogP contribution is 2.44. The van der Waals surface area contributed by atoms with Crippen molar-refractivity contribution in [3.05, 3.63) is 40.6 Å². The van der Waals surface area contributed by atoms with Gasteiger partial charge in [-0.2, -0.15) is 26.7 Å². The number of benzene rings is 1. The first-order valence-electron chi connectivity index (χ1n) is 12.4. The van der Waals surface area contributed by atoms with Crippen LogP contribution in [0.1, 0.15) is 65.7 Å². The maximum absolute atomic E-state index is 13.4. The van der Waals surface area contributed by atoms with Crippen molar-refractivity contribution in [1.82, 2.24) is 19.8 Å². The number of rotatable bonds is 10. The second-order valence-electron chi connectivity index (χ2n) is 10.0. The van der Waals surface area contributed by atoms with E-state index < -0.39 is 34.3 Å². The SMILES string of the molecule is CNS(=O)(=O)Nc1c2c(nn1CCC1CC1)C[C@]1(CCc3cc(OCCCC(F)(F)F)ccc31)NC2=O. The number of ether oxygens (including phenoxy) is 1. The molecule has 5 rings (SSSR count). The van der Waals surface area contributed by atoms with Gasteiger partial charge in [0.1, 0.15) is 11.3 Å². The molecule has 3 N–H and O–H groups in total. The Morgan fingerprint density at radius 1 is 1.30 bits per heavy atom. The van der Waals surface area contributed by atoms with Crippen molar-refractivity contribution in [2.45, 2.75) is 69.6 Å². The summed E-state index contributed by atoms with van der Waals surface area (Å²) in [6.45, 7) is 0.471. The number of carbonyl (C=O) groups is 1. The van der Waals surface area contributed by atoms with Gasteiger partial charge in [0.05, 0.1) is 17.8 Å². The molecule has 0 unspecified atom stereocenters. The van der Waals surface area contributed by atoms with Crippen molar-refractivity contribution < 1.29 is 31.1 Å². The third kappa shape index (κ3) is 5.57. The Labute approximate surface area is 213 Å². The van der Waals surface area contributed by atoms with Crippen molar-refractivity contribution >= 4 is 21.9 Å². The molecule has 1 aromatic heterocycles. The third-order valence-corrected chi connectivity index (χ3v) is 8.31. The molecular formula is C24H30F3N5O4S. The number of amides is 1. The van der Waals surface area contributed by atoms with E-state index in [4.69, 9.17) is 4.74 Å². The number of fused-ring (bicyclic) bond motifs is 3. The highest BCUT2D eigenvalue weighted by molar-refractivity contribution is 7.90. The topological polar surface area (TPSA) is 114 Å². The molecule has 2 aliphatic carbocycles. The van der Waals surface area contributed by atoms with Crippen LogP contribution in [0.5, 0.6) is 5.75 Å². The molecule has 1 aliphatic heterocycles. The van der Waals surface area contributed by atoms with E-state index in [1.807, 2.05) is 12.1 Å². The number of nitrogens with zero attached hydrogens (tertiary/aromatic N) is 2. The molecule has 1 spiro atoms. The van der Waals surface area contributed by atoms with Crippen LogP contribution in [-0.4, -0.2) is 43.9 Å². The fourth-order valence-electron chi connectivity index (χ4n) is 5.23. The summed E-state index contributed by atoms with van der Waals surface area (Å²) in [5.74, 6) is 0.863. The van der Waals surface area contributed by atoms with Crippen LogP contribution in [0, 0.1) is 5.92 Å². The zero-order valence-electron chi connectivity index (χ0n) is 20.5. The molecule has 3 aliphatic rings. The number of alkyl halides is 3. The fourth-order valence-corrected chi connectivity index (χ4v) is 5.80. The Kier molecular flexibility index (Phi) is 6.63. The average Bonchev–Trinajstić information content (AvgIpc) is 3.52. The number of halogens is 3. The lowest BCUT2D eigenvalue weighted by Gasteiger charge is -2.35. The number of carbonyl (C=O) groups excluding carboxylic acids is 1. The second-order valence-corrected chi connectivity index (χ2v) is 11.7. The lowest BCUT2D eigenvalue weighted by atomic mass is 9.83. The smallest absolute Gasteiger partial charge is 0.389 e. The van der Waals surface area contributed by atoms with Crippen molar-refractivity contribution in [3.8, 4) is 5.75 Å². The number of nitrogens with one attached hydrogen (secondary N) is 3. The normalized spacial score (nSPS) is 21.0. The minimum absolute atomic E-state index is 0.0346. The summed E-state index contributed by atoms with van der Waals surface area (Å²) in [4.78, 5) is 13.4. The van der Waals surface area contributed by atoms with Gasteiger partial charge in [-0.1, -0.05) is 18.9 Å². The Balaban J connectivity index is 1.38. The minimum Gasteiger partial charge on any atom is -0.494 e. The first kappa shape index (κ1) is 25.8. The summed E-state index contributed by atoms with van der Waals surface area (Å²) < 4.78 is 73.5. The van der Waals surface area contributed by atoms with Gasteiger partial charge < -0.3 is 10.1 Å². The van der Waals surface area contributed by atoms with Gasteiger partial charge in [0.2, 0.25) is 0 Å². The predicted molar refractivity (Wildman–Crippen MR) is 130 cm³/mol. The molecule has 1 amide bonds. The molecule has 0 saturated heterocycles. The number of aryl methyl sites for hydroxylation is 2. The van der Waals surface area contributed by atoms with E-state index in [2.05, 4.69) is 19.9 Å². The molecule has 1 fully saturated rings. The standard InChI is InChI=1S/C24H30F3N5O4S/c1-28-37(34,35)31-21-20-19(30-32(21)11-8-15-3-4-15)14-23(29-22(20)33)10-7-16-13-17(5-6-18(16)23)36-12-2-9-24(25,26)27/h5-6,13,15,28,31H,2-4,7-12,14H2,1H3,(H,29,33)/t23-/m0/s1. The largest absolute Gasteiger partial charge is 0.494 e. The quantitative estimate of drug-likeness (QED) is 0.399. The first-order valence-corrected chi connectivity index (χ1v) is 13.9. The van der Waals surface area contributed by atoms with Gasteiger partial charge in [-0.15, -0.1) is 0 Å². The molecule has 37 heavy (non-hydrogen) atoms. The fraction of sp³-hybridized carbons (Fsp3) is 0.583. The first-order chi connectivity index (χ1) is 17.5. The average molecular weight is 542 g/mol. The molecular weight excluding hydrogens is 511 g/mol. The molecule has 1 saturated carbocycles. The van der Waals surface area contributed by atoms with E-state index in [9.17, 15) is 26.4 Å². The maximum atomic E-state index is 13.4. The van der Waals surface area contributed by atoms with Crippen LogP contribution in [0.3, 0.4) is 0 Å². The lowest BCUT2D eigenvalue weighted by Crippen LogP contribution is -2.50. The van der Waals surface area contributed by atoms with Crippen LogP contribution in [0.15, 0.2) is 18.2 Å². The number of aromatic nitrogens is 2. The third-order valence-electron chi connectivity index (χ3n) is 7.31. The van der Waals surface area contributed by atoms with Crippen molar-refractivity contribution in [1.29, 1.82) is 0 Å². The molecule has 202 valence electrons. The summed E-state index contributed by atoms with van der Waals surface area (Å²) in [6, 6.07) is 5.38.